The maximum atomic E-state index is 13.2. The lowest BCUT2D eigenvalue weighted by Gasteiger charge is -2.33. The minimum Gasteiger partial charge on any atom is -0.319 e. The number of nitrogens with zero attached hydrogens (tertiary/aromatic N) is 2. The molecule has 8 nitrogen and oxygen atoms in total. The molecule has 0 unspecified atom stereocenters. The molecule has 1 fully saturated rings. The molecule has 2 aromatic rings. The Hall–Kier alpha value is -3.55. The van der Waals surface area contributed by atoms with E-state index in [1.54, 1.807) is 6.92 Å². The van der Waals surface area contributed by atoms with Gasteiger partial charge in [-0.15, -0.1) is 0 Å². The van der Waals surface area contributed by atoms with E-state index in [9.17, 15) is 24.5 Å². The first-order valence-electron chi connectivity index (χ1n) is 9.34. The maximum Gasteiger partial charge on any atom is 0.325 e. The van der Waals surface area contributed by atoms with Gasteiger partial charge in [0.25, 0.3) is 11.6 Å². The lowest BCUT2D eigenvalue weighted by molar-refractivity contribution is -0.385. The molecule has 29 heavy (non-hydrogen) atoms. The van der Waals surface area contributed by atoms with Crippen molar-refractivity contribution in [3.63, 3.8) is 0 Å². The van der Waals surface area contributed by atoms with Gasteiger partial charge in [-0.05, 0) is 37.3 Å². The van der Waals surface area contributed by atoms with Crippen molar-refractivity contribution in [2.24, 2.45) is 0 Å². The Balaban J connectivity index is 1.62. The molecule has 1 atom stereocenters. The molecule has 1 N–H and O–H groups in total. The van der Waals surface area contributed by atoms with Gasteiger partial charge in [-0.2, -0.15) is 0 Å². The summed E-state index contributed by atoms with van der Waals surface area (Å²) < 4.78 is 0. The number of hydrogen-bond donors (Lipinski definition) is 1. The van der Waals surface area contributed by atoms with Crippen molar-refractivity contribution in [2.45, 2.75) is 31.7 Å². The fraction of sp³-hybridized carbons (Fsp3) is 0.286. The van der Waals surface area contributed by atoms with Crippen molar-refractivity contribution in [1.29, 1.82) is 0 Å². The number of aryl methyl sites for hydroxylation is 2. The van der Waals surface area contributed by atoms with Crippen LogP contribution in [0.1, 0.15) is 39.9 Å². The number of carbonyl (C=O) groups excluding carboxylic acids is 3. The zero-order valence-corrected chi connectivity index (χ0v) is 15.8. The standard InChI is InChI=1S/C21H19N3O5/c1-13-8-9-15(11-17(13)24(28)29)18(25)12-23-19(26)21(22-20(23)27)10-4-6-14-5-2-3-7-16(14)21/h2-3,5,7-9,11H,4,6,10,12H2,1H3,(H,22,27)/t21-/m0/s1. The van der Waals surface area contributed by atoms with E-state index in [2.05, 4.69) is 5.32 Å². The summed E-state index contributed by atoms with van der Waals surface area (Å²) in [7, 11) is 0. The third kappa shape index (κ3) is 2.97. The predicted octanol–water partition coefficient (Wildman–Crippen LogP) is 2.87. The number of hydrogen-bond acceptors (Lipinski definition) is 5. The molecule has 0 bridgehead atoms. The van der Waals surface area contributed by atoms with Gasteiger partial charge >= 0.3 is 6.03 Å². The molecule has 0 radical (unpaired) electrons. The molecule has 1 heterocycles. The van der Waals surface area contributed by atoms with E-state index in [1.807, 2.05) is 24.3 Å². The number of fused-ring (bicyclic) bond motifs is 2. The predicted molar refractivity (Wildman–Crippen MR) is 103 cm³/mol. The molecule has 1 spiro atoms. The lowest BCUT2D eigenvalue weighted by Crippen LogP contribution is -2.46. The van der Waals surface area contributed by atoms with Crippen molar-refractivity contribution in [1.82, 2.24) is 10.2 Å². The van der Waals surface area contributed by atoms with Crippen LogP contribution in [0.3, 0.4) is 0 Å². The Bertz CT molecular complexity index is 1060. The highest BCUT2D eigenvalue weighted by atomic mass is 16.6. The highest BCUT2D eigenvalue weighted by Gasteiger charge is 2.54. The van der Waals surface area contributed by atoms with E-state index < -0.39 is 34.7 Å². The van der Waals surface area contributed by atoms with Crippen molar-refractivity contribution >= 4 is 23.4 Å². The average Bonchev–Trinajstić information content (AvgIpc) is 2.93. The topological polar surface area (TPSA) is 110 Å². The molecule has 1 aliphatic heterocycles. The van der Waals surface area contributed by atoms with Gasteiger partial charge in [-0.1, -0.05) is 36.4 Å². The van der Waals surface area contributed by atoms with Crippen LogP contribution in [0.25, 0.3) is 0 Å². The SMILES string of the molecule is Cc1ccc(C(=O)CN2C(=O)N[C@]3(CCCc4ccccc43)C2=O)cc1[N+](=O)[O-]. The largest absolute Gasteiger partial charge is 0.325 e. The summed E-state index contributed by atoms with van der Waals surface area (Å²) in [6.45, 7) is 1.11. The van der Waals surface area contributed by atoms with Crippen LogP contribution in [-0.2, 0) is 16.8 Å². The number of nitro benzene ring substituents is 1. The number of ketones is 1. The summed E-state index contributed by atoms with van der Waals surface area (Å²) in [6.07, 6.45) is 2.04. The molecule has 0 saturated carbocycles. The van der Waals surface area contributed by atoms with E-state index in [0.29, 0.717) is 12.0 Å². The van der Waals surface area contributed by atoms with Gasteiger partial charge in [0.2, 0.25) is 0 Å². The molecule has 8 heteroatoms. The Kier molecular flexibility index (Phi) is 4.41. The van der Waals surface area contributed by atoms with Gasteiger partial charge in [0, 0.05) is 17.2 Å². The summed E-state index contributed by atoms with van der Waals surface area (Å²) >= 11 is 0. The fourth-order valence-corrected chi connectivity index (χ4v) is 4.17. The third-order valence-corrected chi connectivity index (χ3v) is 5.68. The zero-order valence-electron chi connectivity index (χ0n) is 15.8. The van der Waals surface area contributed by atoms with Crippen molar-refractivity contribution in [3.05, 3.63) is 74.8 Å². The molecule has 148 valence electrons. The number of benzene rings is 2. The quantitative estimate of drug-likeness (QED) is 0.372. The molecule has 0 aromatic heterocycles. The van der Waals surface area contributed by atoms with Crippen molar-refractivity contribution in [3.8, 4) is 0 Å². The normalized spacial score (nSPS) is 20.5. The third-order valence-electron chi connectivity index (χ3n) is 5.68. The molecular formula is C21H19N3O5. The van der Waals surface area contributed by atoms with Crippen LogP contribution in [0.2, 0.25) is 0 Å². The molecule has 1 aliphatic carbocycles. The number of nitrogens with one attached hydrogen (secondary N) is 1. The van der Waals surface area contributed by atoms with E-state index in [-0.39, 0.29) is 11.3 Å². The number of rotatable bonds is 4. The van der Waals surface area contributed by atoms with Crippen LogP contribution in [0.5, 0.6) is 0 Å². The Morgan fingerprint density at radius 2 is 2.00 bits per heavy atom. The number of urea groups is 1. The van der Waals surface area contributed by atoms with E-state index in [1.165, 1.54) is 18.2 Å². The smallest absolute Gasteiger partial charge is 0.319 e. The molecular weight excluding hydrogens is 374 g/mol. The first kappa shape index (κ1) is 18.8. The van der Waals surface area contributed by atoms with Gasteiger partial charge in [-0.25, -0.2) is 4.79 Å². The number of imide groups is 1. The number of nitro groups is 1. The average molecular weight is 393 g/mol. The van der Waals surface area contributed by atoms with Crippen LogP contribution in [0.4, 0.5) is 10.5 Å². The van der Waals surface area contributed by atoms with Crippen LogP contribution in [0.15, 0.2) is 42.5 Å². The van der Waals surface area contributed by atoms with Gasteiger partial charge < -0.3 is 5.32 Å². The minimum absolute atomic E-state index is 0.0906. The van der Waals surface area contributed by atoms with E-state index >= 15 is 0 Å². The van der Waals surface area contributed by atoms with Crippen molar-refractivity contribution in [2.75, 3.05) is 6.54 Å². The molecule has 3 amide bonds. The van der Waals surface area contributed by atoms with Crippen molar-refractivity contribution < 1.29 is 19.3 Å². The molecule has 2 aromatic carbocycles. The summed E-state index contributed by atoms with van der Waals surface area (Å²) in [5.74, 6) is -0.984. The summed E-state index contributed by atoms with van der Waals surface area (Å²) in [5, 5.41) is 13.9. The monoisotopic (exact) mass is 393 g/mol. The minimum atomic E-state index is -1.15. The zero-order chi connectivity index (χ0) is 20.8. The number of amides is 3. The molecule has 4 rings (SSSR count). The Morgan fingerprint density at radius 1 is 1.24 bits per heavy atom. The molecule has 2 aliphatic rings. The van der Waals surface area contributed by atoms with E-state index in [4.69, 9.17) is 0 Å². The van der Waals surface area contributed by atoms with E-state index in [0.717, 1.165) is 28.9 Å². The Morgan fingerprint density at radius 3 is 2.76 bits per heavy atom. The fourth-order valence-electron chi connectivity index (χ4n) is 4.17. The highest BCUT2D eigenvalue weighted by molar-refractivity contribution is 6.11. The Labute approximate surface area is 166 Å². The number of Topliss-reactive ketones (excluding diaryl/α,β-unsaturated/α-hetero) is 1. The van der Waals surface area contributed by atoms with Crippen LogP contribution >= 0.6 is 0 Å². The highest BCUT2D eigenvalue weighted by Crippen LogP contribution is 2.39. The first-order valence-corrected chi connectivity index (χ1v) is 9.34. The van der Waals surface area contributed by atoms with Gasteiger partial charge in [0.1, 0.15) is 5.54 Å². The number of carbonyl (C=O) groups is 3. The van der Waals surface area contributed by atoms with Gasteiger partial charge in [0.15, 0.2) is 5.78 Å². The summed E-state index contributed by atoms with van der Waals surface area (Å²) in [4.78, 5) is 50.0. The second-order valence-electron chi connectivity index (χ2n) is 7.42. The van der Waals surface area contributed by atoms with Gasteiger partial charge in [-0.3, -0.25) is 24.6 Å². The second kappa shape index (κ2) is 6.80. The van der Waals surface area contributed by atoms with Crippen LogP contribution in [-0.4, -0.2) is 34.1 Å². The molecule has 1 saturated heterocycles. The summed E-state index contributed by atoms with van der Waals surface area (Å²) in [5.41, 5.74) is 0.976. The summed E-state index contributed by atoms with van der Waals surface area (Å²) in [6, 6.07) is 11.0. The van der Waals surface area contributed by atoms with Crippen LogP contribution < -0.4 is 5.32 Å². The lowest BCUT2D eigenvalue weighted by atomic mass is 9.76. The maximum absolute atomic E-state index is 13.2. The second-order valence-corrected chi connectivity index (χ2v) is 7.42. The van der Waals surface area contributed by atoms with Gasteiger partial charge in [0.05, 0.1) is 11.5 Å². The van der Waals surface area contributed by atoms with Crippen LogP contribution in [0, 0.1) is 17.0 Å². The first-order chi connectivity index (χ1) is 13.8.